The molecule has 1 atom stereocenters. The predicted molar refractivity (Wildman–Crippen MR) is 82.2 cm³/mol. The van der Waals surface area contributed by atoms with Crippen LogP contribution >= 0.6 is 0 Å². The highest BCUT2D eigenvalue weighted by Gasteiger charge is 2.37. The molecule has 1 aliphatic rings. The molecule has 0 aliphatic carbocycles. The Kier molecular flexibility index (Phi) is 3.92. The van der Waals surface area contributed by atoms with Gasteiger partial charge in [0.25, 0.3) is 0 Å². The number of nitrogens with zero attached hydrogens (tertiary/aromatic N) is 2. The standard InChI is InChI=1S/C15H19N3O3S/c1-11-10-16-15(17-11)14-7-4-8-18(14)22(19,20)13-6-3-5-12(9-13)21-2/h3,5-6,9-10,14H,4,7-8H2,1-2H3,(H,16,17)/t14-/m0/s1. The first-order valence-electron chi connectivity index (χ1n) is 7.20. The van der Waals surface area contributed by atoms with Crippen molar-refractivity contribution in [3.05, 3.63) is 42.0 Å². The summed E-state index contributed by atoms with van der Waals surface area (Å²) in [5, 5.41) is 0. The fourth-order valence-corrected chi connectivity index (χ4v) is 4.50. The number of H-pyrrole nitrogens is 1. The van der Waals surface area contributed by atoms with Crippen LogP contribution in [-0.4, -0.2) is 36.3 Å². The van der Waals surface area contributed by atoms with Crippen molar-refractivity contribution in [1.29, 1.82) is 0 Å². The fraction of sp³-hybridized carbons (Fsp3) is 0.400. The van der Waals surface area contributed by atoms with Gasteiger partial charge in [0.05, 0.1) is 18.0 Å². The normalized spacial score (nSPS) is 19.5. The number of nitrogens with one attached hydrogen (secondary N) is 1. The van der Waals surface area contributed by atoms with Gasteiger partial charge >= 0.3 is 0 Å². The van der Waals surface area contributed by atoms with E-state index in [0.29, 0.717) is 18.1 Å². The van der Waals surface area contributed by atoms with Crippen molar-refractivity contribution < 1.29 is 13.2 Å². The molecule has 22 heavy (non-hydrogen) atoms. The minimum Gasteiger partial charge on any atom is -0.497 e. The van der Waals surface area contributed by atoms with Crippen LogP contribution in [0.15, 0.2) is 35.4 Å². The van der Waals surface area contributed by atoms with E-state index in [4.69, 9.17) is 4.74 Å². The van der Waals surface area contributed by atoms with E-state index in [1.807, 2.05) is 6.92 Å². The van der Waals surface area contributed by atoms with E-state index in [-0.39, 0.29) is 10.9 Å². The summed E-state index contributed by atoms with van der Waals surface area (Å²) in [4.78, 5) is 7.71. The summed E-state index contributed by atoms with van der Waals surface area (Å²) in [5.41, 5.74) is 0.931. The molecule has 7 heteroatoms. The van der Waals surface area contributed by atoms with E-state index in [9.17, 15) is 8.42 Å². The van der Waals surface area contributed by atoms with E-state index in [1.165, 1.54) is 11.4 Å². The lowest BCUT2D eigenvalue weighted by Gasteiger charge is -2.22. The Morgan fingerprint density at radius 3 is 2.91 bits per heavy atom. The summed E-state index contributed by atoms with van der Waals surface area (Å²) in [6.45, 7) is 2.41. The van der Waals surface area contributed by atoms with E-state index >= 15 is 0 Å². The van der Waals surface area contributed by atoms with E-state index in [2.05, 4.69) is 9.97 Å². The largest absolute Gasteiger partial charge is 0.497 e. The molecule has 2 aromatic rings. The van der Waals surface area contributed by atoms with Gasteiger partial charge in [-0.15, -0.1) is 0 Å². The molecule has 0 radical (unpaired) electrons. The molecule has 0 bridgehead atoms. The number of hydrogen-bond donors (Lipinski definition) is 1. The SMILES string of the molecule is COc1cccc(S(=O)(=O)N2CCC[C@H]2c2ncc(C)[nH]2)c1. The maximum absolute atomic E-state index is 12.9. The number of rotatable bonds is 4. The van der Waals surface area contributed by atoms with Gasteiger partial charge in [0.15, 0.2) is 0 Å². The monoisotopic (exact) mass is 321 g/mol. The molecule has 6 nitrogen and oxygen atoms in total. The van der Waals surface area contributed by atoms with Crippen LogP contribution in [0.5, 0.6) is 5.75 Å². The molecule has 1 aliphatic heterocycles. The lowest BCUT2D eigenvalue weighted by molar-refractivity contribution is 0.383. The summed E-state index contributed by atoms with van der Waals surface area (Å²) in [5.74, 6) is 1.24. The van der Waals surface area contributed by atoms with Crippen LogP contribution in [0.3, 0.4) is 0 Å². The van der Waals surface area contributed by atoms with Crippen molar-refractivity contribution in [2.45, 2.75) is 30.7 Å². The molecule has 3 rings (SSSR count). The topological polar surface area (TPSA) is 75.3 Å². The quantitative estimate of drug-likeness (QED) is 0.937. The average molecular weight is 321 g/mol. The molecular weight excluding hydrogens is 302 g/mol. The molecule has 0 unspecified atom stereocenters. The number of sulfonamides is 1. The Bertz CT molecular complexity index is 770. The van der Waals surface area contributed by atoms with Crippen molar-refractivity contribution >= 4 is 10.0 Å². The van der Waals surface area contributed by atoms with Gasteiger partial charge in [-0.25, -0.2) is 13.4 Å². The van der Waals surface area contributed by atoms with Crippen molar-refractivity contribution in [3.63, 3.8) is 0 Å². The Morgan fingerprint density at radius 2 is 2.23 bits per heavy atom. The predicted octanol–water partition coefficient (Wildman–Crippen LogP) is 2.25. The molecule has 1 aromatic heterocycles. The summed E-state index contributed by atoms with van der Waals surface area (Å²) >= 11 is 0. The Hall–Kier alpha value is -1.86. The molecule has 0 spiro atoms. The Labute approximate surface area is 130 Å². The number of imidazole rings is 1. The zero-order valence-electron chi connectivity index (χ0n) is 12.6. The highest BCUT2D eigenvalue weighted by Crippen LogP contribution is 2.35. The van der Waals surface area contributed by atoms with Crippen molar-refractivity contribution in [2.75, 3.05) is 13.7 Å². The summed E-state index contributed by atoms with van der Waals surface area (Å²) in [7, 11) is -2.04. The second-order valence-corrected chi connectivity index (χ2v) is 7.29. The molecule has 118 valence electrons. The first-order valence-corrected chi connectivity index (χ1v) is 8.64. The molecule has 1 aromatic carbocycles. The van der Waals surface area contributed by atoms with Gasteiger partial charge in [-0.2, -0.15) is 4.31 Å². The minimum atomic E-state index is -3.57. The second kappa shape index (κ2) is 5.73. The third kappa shape index (κ3) is 2.62. The van der Waals surface area contributed by atoms with Crippen LogP contribution < -0.4 is 4.74 Å². The van der Waals surface area contributed by atoms with Gasteiger partial charge in [-0.1, -0.05) is 6.07 Å². The minimum absolute atomic E-state index is 0.232. The van der Waals surface area contributed by atoms with Gasteiger partial charge < -0.3 is 9.72 Å². The number of aromatic amines is 1. The smallest absolute Gasteiger partial charge is 0.243 e. The van der Waals surface area contributed by atoms with Crippen LogP contribution in [0.2, 0.25) is 0 Å². The number of methoxy groups -OCH3 is 1. The van der Waals surface area contributed by atoms with E-state index in [1.54, 1.807) is 30.5 Å². The van der Waals surface area contributed by atoms with Crippen molar-refractivity contribution in [3.8, 4) is 5.75 Å². The first-order chi connectivity index (χ1) is 10.5. The molecule has 0 saturated carbocycles. The Morgan fingerprint density at radius 1 is 1.41 bits per heavy atom. The van der Waals surface area contributed by atoms with Gasteiger partial charge in [0.2, 0.25) is 10.0 Å². The van der Waals surface area contributed by atoms with Gasteiger partial charge in [0.1, 0.15) is 11.6 Å². The van der Waals surface area contributed by atoms with Crippen molar-refractivity contribution in [2.24, 2.45) is 0 Å². The summed E-state index contributed by atoms with van der Waals surface area (Å²) < 4.78 is 32.5. The lowest BCUT2D eigenvalue weighted by Crippen LogP contribution is -2.31. The third-order valence-corrected chi connectivity index (χ3v) is 5.79. The number of ether oxygens (including phenoxy) is 1. The van der Waals surface area contributed by atoms with Crippen LogP contribution in [0.25, 0.3) is 0 Å². The number of hydrogen-bond acceptors (Lipinski definition) is 4. The highest BCUT2D eigenvalue weighted by atomic mass is 32.2. The second-order valence-electron chi connectivity index (χ2n) is 5.40. The van der Waals surface area contributed by atoms with Crippen LogP contribution in [0.4, 0.5) is 0 Å². The van der Waals surface area contributed by atoms with Gasteiger partial charge in [0, 0.05) is 24.5 Å². The molecule has 1 saturated heterocycles. The van der Waals surface area contributed by atoms with Crippen molar-refractivity contribution in [1.82, 2.24) is 14.3 Å². The summed E-state index contributed by atoms with van der Waals surface area (Å²) in [6, 6.07) is 6.34. The zero-order chi connectivity index (χ0) is 15.7. The number of benzene rings is 1. The molecule has 2 heterocycles. The van der Waals surface area contributed by atoms with Crippen LogP contribution in [0.1, 0.15) is 30.4 Å². The first kappa shape index (κ1) is 15.1. The molecule has 1 fully saturated rings. The van der Waals surface area contributed by atoms with Crippen LogP contribution in [0, 0.1) is 6.92 Å². The highest BCUT2D eigenvalue weighted by molar-refractivity contribution is 7.89. The lowest BCUT2D eigenvalue weighted by atomic mass is 10.2. The van der Waals surface area contributed by atoms with Crippen LogP contribution in [-0.2, 0) is 10.0 Å². The Balaban J connectivity index is 1.96. The molecular formula is C15H19N3O3S. The van der Waals surface area contributed by atoms with Gasteiger partial charge in [-0.3, -0.25) is 0 Å². The van der Waals surface area contributed by atoms with E-state index in [0.717, 1.165) is 18.5 Å². The number of aryl methyl sites for hydroxylation is 1. The maximum atomic E-state index is 12.9. The fourth-order valence-electron chi connectivity index (χ4n) is 2.80. The molecule has 1 N–H and O–H groups in total. The third-order valence-electron chi connectivity index (χ3n) is 3.89. The maximum Gasteiger partial charge on any atom is 0.243 e. The molecule has 0 amide bonds. The summed E-state index contributed by atoms with van der Waals surface area (Å²) in [6.07, 6.45) is 3.33. The zero-order valence-corrected chi connectivity index (χ0v) is 13.4. The number of aromatic nitrogens is 2. The van der Waals surface area contributed by atoms with E-state index < -0.39 is 10.0 Å². The average Bonchev–Trinajstić information content (AvgIpc) is 3.16. The van der Waals surface area contributed by atoms with Gasteiger partial charge in [-0.05, 0) is 31.9 Å².